The van der Waals surface area contributed by atoms with E-state index in [1.165, 1.54) is 11.4 Å². The first-order valence-electron chi connectivity index (χ1n) is 5.08. The van der Waals surface area contributed by atoms with Gasteiger partial charge >= 0.3 is 18.3 Å². The maximum Gasteiger partial charge on any atom is 0.471 e. The van der Waals surface area contributed by atoms with Crippen LogP contribution in [0.2, 0.25) is 0 Å². The Bertz CT molecular complexity index is 663. The number of nitrogens with zero attached hydrogens (tertiary/aromatic N) is 2. The Kier molecular flexibility index (Phi) is 3.18. The van der Waals surface area contributed by atoms with Gasteiger partial charge in [-0.25, -0.2) is 9.98 Å². The highest BCUT2D eigenvalue weighted by Crippen LogP contribution is 2.24. The molecule has 0 fully saturated rings. The van der Waals surface area contributed by atoms with Crippen LogP contribution in [0.5, 0.6) is 0 Å². The van der Waals surface area contributed by atoms with E-state index in [0.717, 1.165) is 12.1 Å². The van der Waals surface area contributed by atoms with Gasteiger partial charge in [-0.1, -0.05) is 6.07 Å². The normalized spacial score (nSPS) is 18.0. The summed E-state index contributed by atoms with van der Waals surface area (Å²) < 4.78 is 73.7. The predicted molar refractivity (Wildman–Crippen MR) is 53.3 cm³/mol. The summed E-state index contributed by atoms with van der Waals surface area (Å²) in [6.45, 7) is 0. The van der Waals surface area contributed by atoms with Crippen molar-refractivity contribution in [1.29, 1.82) is 0 Å². The van der Waals surface area contributed by atoms with E-state index >= 15 is 0 Å². The summed E-state index contributed by atoms with van der Waals surface area (Å²) in [7, 11) is 0. The van der Waals surface area contributed by atoms with Gasteiger partial charge in [0.05, 0.1) is 11.0 Å². The lowest BCUT2D eigenvalue weighted by Gasteiger charge is -2.08. The second-order valence-corrected chi connectivity index (χ2v) is 3.80. The first kappa shape index (κ1) is 14.3. The number of alkyl halides is 6. The number of para-hydroxylation sites is 1. The van der Waals surface area contributed by atoms with Gasteiger partial charge in [0, 0.05) is 0 Å². The van der Waals surface area contributed by atoms with Crippen LogP contribution in [0.1, 0.15) is 0 Å². The second kappa shape index (κ2) is 4.46. The van der Waals surface area contributed by atoms with Crippen molar-refractivity contribution in [3.63, 3.8) is 0 Å². The van der Waals surface area contributed by atoms with Gasteiger partial charge in [0.15, 0.2) is 0 Å². The Hall–Kier alpha value is -2.13. The van der Waals surface area contributed by atoms with Crippen LogP contribution in [0.4, 0.5) is 32.0 Å². The summed E-state index contributed by atoms with van der Waals surface area (Å²) in [4.78, 5) is 17.2. The Morgan fingerprint density at radius 2 is 1.75 bits per heavy atom. The van der Waals surface area contributed by atoms with Gasteiger partial charge in [0.25, 0.3) is 0 Å². The average Bonchev–Trinajstić information content (AvgIpc) is 2.72. The molecule has 1 aromatic carbocycles. The molecule has 1 N–H and O–H groups in total. The third-order valence-corrected chi connectivity index (χ3v) is 2.33. The zero-order valence-electron chi connectivity index (χ0n) is 9.38. The highest BCUT2D eigenvalue weighted by atomic mass is 19.4. The minimum Gasteiger partial charge on any atom is -0.316 e. The first-order valence-corrected chi connectivity index (χ1v) is 5.08. The van der Waals surface area contributed by atoms with E-state index in [1.54, 1.807) is 0 Å². The van der Waals surface area contributed by atoms with Crippen molar-refractivity contribution in [2.45, 2.75) is 18.5 Å². The molecule has 1 heterocycles. The van der Waals surface area contributed by atoms with E-state index in [4.69, 9.17) is 0 Å². The third-order valence-electron chi connectivity index (χ3n) is 2.33. The number of halogens is 6. The fraction of sp³-hybridized carbons (Fsp3) is 0.300. The molecule has 0 bridgehead atoms. The zero-order chi connectivity index (χ0) is 15.1. The van der Waals surface area contributed by atoms with Gasteiger partial charge in [-0.3, -0.25) is 4.79 Å². The number of hydrogen-bond donors (Lipinski definition) is 1. The molecule has 0 spiro atoms. The van der Waals surface area contributed by atoms with E-state index in [-0.39, 0.29) is 5.36 Å². The van der Waals surface area contributed by atoms with Gasteiger partial charge in [0.1, 0.15) is 5.36 Å². The van der Waals surface area contributed by atoms with Crippen LogP contribution in [0, 0.1) is 0 Å². The molecule has 20 heavy (non-hydrogen) atoms. The highest BCUT2D eigenvalue weighted by Gasteiger charge is 2.42. The minimum absolute atomic E-state index is 0.229. The fourth-order valence-corrected chi connectivity index (χ4v) is 1.49. The number of nitrogens with one attached hydrogen (secondary N) is 1. The van der Waals surface area contributed by atoms with E-state index in [9.17, 15) is 31.1 Å². The molecular weight excluding hydrogens is 292 g/mol. The first-order chi connectivity index (χ1) is 9.09. The maximum atomic E-state index is 12.5. The maximum absolute atomic E-state index is 12.5. The van der Waals surface area contributed by atoms with Crippen molar-refractivity contribution in [1.82, 2.24) is 0 Å². The van der Waals surface area contributed by atoms with Crippen molar-refractivity contribution < 1.29 is 31.1 Å². The van der Waals surface area contributed by atoms with Gasteiger partial charge in [-0.15, -0.1) is 0 Å². The topological polar surface area (TPSA) is 53.8 Å². The number of carbonyl (C=O) groups is 1. The van der Waals surface area contributed by atoms with Crippen molar-refractivity contribution in [3.05, 3.63) is 28.9 Å². The Morgan fingerprint density at radius 3 is 2.30 bits per heavy atom. The number of amides is 1. The summed E-state index contributed by atoms with van der Waals surface area (Å²) in [5.41, 5.74) is -0.472. The van der Waals surface area contributed by atoms with Crippen molar-refractivity contribution >= 4 is 11.6 Å². The van der Waals surface area contributed by atoms with E-state index < -0.39 is 35.5 Å². The summed E-state index contributed by atoms with van der Waals surface area (Å²) in [6.07, 6.45) is -12.3. The lowest BCUT2D eigenvalue weighted by Crippen LogP contribution is -2.34. The Morgan fingerprint density at radius 1 is 1.10 bits per heavy atom. The number of anilines is 1. The molecule has 1 atom stereocenters. The summed E-state index contributed by atoms with van der Waals surface area (Å²) in [5, 5.41) is 0.816. The fourth-order valence-electron chi connectivity index (χ4n) is 1.49. The molecule has 1 amide bonds. The van der Waals surface area contributed by atoms with Crippen LogP contribution >= 0.6 is 0 Å². The van der Waals surface area contributed by atoms with Gasteiger partial charge < -0.3 is 5.32 Å². The molecule has 2 rings (SSSR count). The Labute approximate surface area is 106 Å². The highest BCUT2D eigenvalue weighted by molar-refractivity contribution is 5.94. The molecule has 4 nitrogen and oxygen atoms in total. The molecule has 0 saturated carbocycles. The minimum atomic E-state index is -5.15. The second-order valence-electron chi connectivity index (χ2n) is 3.80. The van der Waals surface area contributed by atoms with Gasteiger partial charge in [-0.05, 0) is 12.1 Å². The number of benzene rings is 1. The van der Waals surface area contributed by atoms with E-state index in [2.05, 4.69) is 9.98 Å². The van der Waals surface area contributed by atoms with E-state index in [0.29, 0.717) is 0 Å². The molecule has 0 aliphatic carbocycles. The van der Waals surface area contributed by atoms with Crippen LogP contribution < -0.4 is 16.0 Å². The van der Waals surface area contributed by atoms with Gasteiger partial charge in [0.2, 0.25) is 6.17 Å². The average molecular weight is 297 g/mol. The lowest BCUT2D eigenvalue weighted by molar-refractivity contribution is -0.167. The van der Waals surface area contributed by atoms with Gasteiger partial charge in [-0.2, -0.15) is 26.3 Å². The number of carbonyl (C=O) groups excluding carboxylic acids is 1. The van der Waals surface area contributed by atoms with Crippen molar-refractivity contribution in [2.75, 3.05) is 5.32 Å². The monoisotopic (exact) mass is 297 g/mol. The number of hydrogen-bond acceptors (Lipinski definition) is 3. The largest absolute Gasteiger partial charge is 0.471 e. The smallest absolute Gasteiger partial charge is 0.316 e. The predicted octanol–water partition coefficient (Wildman–Crippen LogP) is 1.33. The van der Waals surface area contributed by atoms with Crippen LogP contribution in [0.15, 0.2) is 28.2 Å². The summed E-state index contributed by atoms with van der Waals surface area (Å²) in [5.74, 6) is -2.29. The lowest BCUT2D eigenvalue weighted by atomic mass is 10.3. The Balaban J connectivity index is 2.41. The molecule has 10 heteroatoms. The standard InChI is InChI=1S/C10H5F6N3O/c11-9(12,13)7-17-4-2-1-3-5(6(4)19-7)18-8(20)10(14,15)16/h1-3,7H,(H,18,20)/t7-/m1/s1. The molecule has 0 radical (unpaired) electrons. The molecule has 1 aliphatic heterocycles. The molecule has 1 aliphatic rings. The van der Waals surface area contributed by atoms with Crippen LogP contribution in [0.3, 0.4) is 0 Å². The molecule has 0 saturated heterocycles. The van der Waals surface area contributed by atoms with Crippen LogP contribution in [0.25, 0.3) is 0 Å². The van der Waals surface area contributed by atoms with Crippen LogP contribution in [-0.2, 0) is 4.79 Å². The molecule has 0 unspecified atom stereocenters. The number of rotatable bonds is 1. The zero-order valence-corrected chi connectivity index (χ0v) is 9.38. The third kappa shape index (κ3) is 2.73. The van der Waals surface area contributed by atoms with Crippen molar-refractivity contribution in [2.24, 2.45) is 9.98 Å². The summed E-state index contributed by atoms with van der Waals surface area (Å²) >= 11 is 0. The van der Waals surface area contributed by atoms with Crippen LogP contribution in [-0.4, -0.2) is 24.4 Å². The number of fused-ring (bicyclic) bond motifs is 1. The molecule has 1 aromatic rings. The summed E-state index contributed by atoms with van der Waals surface area (Å²) in [6, 6.07) is 3.34. The van der Waals surface area contributed by atoms with E-state index in [1.807, 2.05) is 0 Å². The molecule has 0 aromatic heterocycles. The SMILES string of the molecule is O=C(Nc1cccc2c1=N[C@H](C(F)(F)F)N=2)C(F)(F)F. The molecule has 108 valence electrons. The molecular formula is C10H5F6N3O. The van der Waals surface area contributed by atoms with Crippen molar-refractivity contribution in [3.8, 4) is 0 Å². The quantitative estimate of drug-likeness (QED) is 0.781.